The van der Waals surface area contributed by atoms with Gasteiger partial charge in [0.15, 0.2) is 0 Å². The number of nitrogens with zero attached hydrogens (tertiary/aromatic N) is 1. The molecular weight excluding hydrogens is 236 g/mol. The number of nitrogens with two attached hydrogens (primary N) is 1. The number of carbonyl (C=O) groups excluding carboxylic acids is 1. The maximum atomic E-state index is 12.4. The van der Waals surface area contributed by atoms with E-state index in [-0.39, 0.29) is 11.9 Å². The Kier molecular flexibility index (Phi) is 4.97. The minimum atomic E-state index is 0.219. The topological polar surface area (TPSA) is 46.3 Å². The van der Waals surface area contributed by atoms with E-state index in [0.717, 1.165) is 30.9 Å². The van der Waals surface area contributed by atoms with E-state index in [9.17, 15) is 4.79 Å². The van der Waals surface area contributed by atoms with Crippen molar-refractivity contribution < 1.29 is 4.79 Å². The molecule has 1 heterocycles. The zero-order chi connectivity index (χ0) is 13.7. The predicted octanol–water partition coefficient (Wildman–Crippen LogP) is 2.21. The average Bonchev–Trinajstić information content (AvgIpc) is 2.47. The standard InChI is InChI=1S/C16H24N2O/c1-2-13-8-9-18(15(10-13)12-17)16(19)11-14-6-4-3-5-7-14/h3-7,13,15H,2,8-12,17H2,1H3. The molecule has 1 amide bonds. The number of likely N-dealkylation sites (tertiary alicyclic amines) is 1. The first-order chi connectivity index (χ1) is 9.24. The second-order valence-corrected chi connectivity index (χ2v) is 5.44. The van der Waals surface area contributed by atoms with Crippen LogP contribution in [-0.2, 0) is 11.2 Å². The van der Waals surface area contributed by atoms with E-state index in [0.29, 0.717) is 13.0 Å². The first-order valence-electron chi connectivity index (χ1n) is 7.28. The molecule has 0 bridgehead atoms. The highest BCUT2D eigenvalue weighted by molar-refractivity contribution is 5.79. The minimum Gasteiger partial charge on any atom is -0.338 e. The Morgan fingerprint density at radius 2 is 2.11 bits per heavy atom. The summed E-state index contributed by atoms with van der Waals surface area (Å²) in [5.74, 6) is 0.950. The summed E-state index contributed by atoms with van der Waals surface area (Å²) in [5, 5.41) is 0. The third-order valence-electron chi connectivity index (χ3n) is 4.19. The van der Waals surface area contributed by atoms with Crippen molar-refractivity contribution in [1.29, 1.82) is 0 Å². The van der Waals surface area contributed by atoms with Gasteiger partial charge in [0.1, 0.15) is 0 Å². The molecule has 1 fully saturated rings. The van der Waals surface area contributed by atoms with E-state index in [1.807, 2.05) is 35.2 Å². The maximum absolute atomic E-state index is 12.4. The fourth-order valence-electron chi connectivity index (χ4n) is 2.93. The lowest BCUT2D eigenvalue weighted by Gasteiger charge is -2.39. The third kappa shape index (κ3) is 3.57. The van der Waals surface area contributed by atoms with Crippen LogP contribution >= 0.6 is 0 Å². The van der Waals surface area contributed by atoms with Crippen molar-refractivity contribution in [3.63, 3.8) is 0 Å². The van der Waals surface area contributed by atoms with Gasteiger partial charge in [-0.2, -0.15) is 0 Å². The van der Waals surface area contributed by atoms with E-state index >= 15 is 0 Å². The fourth-order valence-corrected chi connectivity index (χ4v) is 2.93. The quantitative estimate of drug-likeness (QED) is 0.902. The zero-order valence-electron chi connectivity index (χ0n) is 11.7. The van der Waals surface area contributed by atoms with Gasteiger partial charge in [-0.1, -0.05) is 43.7 Å². The van der Waals surface area contributed by atoms with Crippen molar-refractivity contribution in [3.05, 3.63) is 35.9 Å². The normalized spacial score (nSPS) is 23.4. The highest BCUT2D eigenvalue weighted by Gasteiger charge is 2.29. The van der Waals surface area contributed by atoms with E-state index in [1.165, 1.54) is 6.42 Å². The van der Waals surface area contributed by atoms with Crippen LogP contribution < -0.4 is 5.73 Å². The number of rotatable bonds is 4. The molecule has 3 nitrogen and oxygen atoms in total. The summed E-state index contributed by atoms with van der Waals surface area (Å²) in [6.07, 6.45) is 3.87. The number of hydrogen-bond acceptors (Lipinski definition) is 2. The third-order valence-corrected chi connectivity index (χ3v) is 4.19. The summed E-state index contributed by atoms with van der Waals surface area (Å²) in [7, 11) is 0. The van der Waals surface area contributed by atoms with E-state index < -0.39 is 0 Å². The van der Waals surface area contributed by atoms with Gasteiger partial charge >= 0.3 is 0 Å². The Balaban J connectivity index is 1.98. The smallest absolute Gasteiger partial charge is 0.227 e. The van der Waals surface area contributed by atoms with Crippen LogP contribution in [0.15, 0.2) is 30.3 Å². The second-order valence-electron chi connectivity index (χ2n) is 5.44. The molecule has 1 aromatic rings. The Hall–Kier alpha value is -1.35. The highest BCUT2D eigenvalue weighted by atomic mass is 16.2. The van der Waals surface area contributed by atoms with Crippen LogP contribution in [0.3, 0.4) is 0 Å². The van der Waals surface area contributed by atoms with Crippen LogP contribution in [0.1, 0.15) is 31.7 Å². The average molecular weight is 260 g/mol. The molecule has 0 aromatic heterocycles. The zero-order valence-corrected chi connectivity index (χ0v) is 11.7. The molecule has 2 rings (SSSR count). The molecule has 1 aliphatic heterocycles. The minimum absolute atomic E-state index is 0.219. The first-order valence-corrected chi connectivity index (χ1v) is 7.28. The molecule has 2 atom stereocenters. The lowest BCUT2D eigenvalue weighted by atomic mass is 9.88. The highest BCUT2D eigenvalue weighted by Crippen LogP contribution is 2.25. The van der Waals surface area contributed by atoms with Gasteiger partial charge in [0.05, 0.1) is 6.42 Å². The van der Waals surface area contributed by atoms with E-state index in [4.69, 9.17) is 5.73 Å². The predicted molar refractivity (Wildman–Crippen MR) is 77.7 cm³/mol. The van der Waals surface area contributed by atoms with Crippen LogP contribution in [0, 0.1) is 5.92 Å². The first kappa shape index (κ1) is 14.1. The molecule has 3 heteroatoms. The van der Waals surface area contributed by atoms with Gasteiger partial charge in [-0.05, 0) is 24.3 Å². The number of piperidine rings is 1. The molecule has 2 N–H and O–H groups in total. The van der Waals surface area contributed by atoms with Gasteiger partial charge in [0.2, 0.25) is 5.91 Å². The summed E-state index contributed by atoms with van der Waals surface area (Å²) in [5.41, 5.74) is 6.93. The lowest BCUT2D eigenvalue weighted by Crippen LogP contribution is -2.50. The number of amides is 1. The number of carbonyl (C=O) groups is 1. The van der Waals surface area contributed by atoms with Crippen molar-refractivity contribution >= 4 is 5.91 Å². The molecule has 1 saturated heterocycles. The Morgan fingerprint density at radius 3 is 2.74 bits per heavy atom. The summed E-state index contributed by atoms with van der Waals surface area (Å²) in [4.78, 5) is 14.4. The summed E-state index contributed by atoms with van der Waals surface area (Å²) in [6.45, 7) is 3.67. The van der Waals surface area contributed by atoms with Crippen molar-refractivity contribution in [2.24, 2.45) is 11.7 Å². The van der Waals surface area contributed by atoms with Crippen molar-refractivity contribution in [2.75, 3.05) is 13.1 Å². The van der Waals surface area contributed by atoms with Gasteiger partial charge in [-0.15, -0.1) is 0 Å². The van der Waals surface area contributed by atoms with Crippen LogP contribution in [-0.4, -0.2) is 29.9 Å². The molecule has 1 aromatic carbocycles. The molecule has 104 valence electrons. The monoisotopic (exact) mass is 260 g/mol. The largest absolute Gasteiger partial charge is 0.338 e. The van der Waals surface area contributed by atoms with Gasteiger partial charge in [0.25, 0.3) is 0 Å². The molecular formula is C16H24N2O. The van der Waals surface area contributed by atoms with Crippen molar-refractivity contribution in [1.82, 2.24) is 4.90 Å². The fraction of sp³-hybridized carbons (Fsp3) is 0.562. The molecule has 2 unspecified atom stereocenters. The SMILES string of the molecule is CCC1CCN(C(=O)Cc2ccccc2)C(CN)C1. The van der Waals surface area contributed by atoms with Crippen LogP contribution in [0.4, 0.5) is 0 Å². The molecule has 1 aliphatic rings. The van der Waals surface area contributed by atoms with E-state index in [1.54, 1.807) is 0 Å². The van der Waals surface area contributed by atoms with Crippen LogP contribution in [0.25, 0.3) is 0 Å². The van der Waals surface area contributed by atoms with Gasteiger partial charge < -0.3 is 10.6 Å². The van der Waals surface area contributed by atoms with Gasteiger partial charge in [-0.25, -0.2) is 0 Å². The molecule has 0 saturated carbocycles. The number of benzene rings is 1. The molecule has 0 radical (unpaired) electrons. The Bertz CT molecular complexity index is 404. The van der Waals surface area contributed by atoms with Crippen LogP contribution in [0.5, 0.6) is 0 Å². The second kappa shape index (κ2) is 6.71. The van der Waals surface area contributed by atoms with Crippen molar-refractivity contribution in [3.8, 4) is 0 Å². The Morgan fingerprint density at radius 1 is 1.37 bits per heavy atom. The van der Waals surface area contributed by atoms with E-state index in [2.05, 4.69) is 6.92 Å². The number of hydrogen-bond donors (Lipinski definition) is 1. The lowest BCUT2D eigenvalue weighted by molar-refractivity contribution is -0.134. The van der Waals surface area contributed by atoms with Gasteiger partial charge in [0, 0.05) is 19.1 Å². The van der Waals surface area contributed by atoms with Gasteiger partial charge in [-0.3, -0.25) is 4.79 Å². The molecule has 19 heavy (non-hydrogen) atoms. The maximum Gasteiger partial charge on any atom is 0.227 e. The molecule has 0 aliphatic carbocycles. The van der Waals surface area contributed by atoms with Crippen LogP contribution in [0.2, 0.25) is 0 Å². The molecule has 0 spiro atoms. The summed E-state index contributed by atoms with van der Waals surface area (Å²) >= 11 is 0. The van der Waals surface area contributed by atoms with Crippen molar-refractivity contribution in [2.45, 2.75) is 38.6 Å². The summed E-state index contributed by atoms with van der Waals surface area (Å²) in [6, 6.07) is 10.2. The summed E-state index contributed by atoms with van der Waals surface area (Å²) < 4.78 is 0. The Labute approximate surface area is 115 Å².